The highest BCUT2D eigenvalue weighted by molar-refractivity contribution is 7.98. The number of carbonyl (C=O) groups excluding carboxylic acids is 1. The Morgan fingerprint density at radius 1 is 0.754 bits per heavy atom. The van der Waals surface area contributed by atoms with Gasteiger partial charge in [0, 0.05) is 50.2 Å². The van der Waals surface area contributed by atoms with Gasteiger partial charge in [-0.05, 0) is 96.2 Å². The first-order valence-corrected chi connectivity index (χ1v) is 23.3. The molecule has 5 aromatic carbocycles. The number of sulfone groups is 1. The Labute approximate surface area is 366 Å². The maximum Gasteiger partial charge on any atom is 0.372 e. The molecule has 0 amide bonds. The zero-order chi connectivity index (χ0) is 43.9. The minimum atomic E-state index is -3.25. The highest BCUT2D eigenvalue weighted by atomic mass is 35.5. The fraction of sp³-hybridized carbons (Fsp3) is 0.340. The van der Waals surface area contributed by atoms with Crippen LogP contribution < -0.4 is 29.6 Å². The van der Waals surface area contributed by atoms with E-state index in [9.17, 15) is 13.2 Å². The number of rotatable bonds is 5. The van der Waals surface area contributed by atoms with Crippen LogP contribution in [0.15, 0.2) is 107 Å². The number of hydrogen-bond acceptors (Lipinski definition) is 12. The van der Waals surface area contributed by atoms with Gasteiger partial charge in [0.15, 0.2) is 9.84 Å². The molecule has 4 aliphatic rings. The second kappa shape index (κ2) is 17.4. The van der Waals surface area contributed by atoms with Gasteiger partial charge in [-0.25, -0.2) is 13.2 Å². The average Bonchev–Trinajstić information content (AvgIpc) is 3.25. The van der Waals surface area contributed by atoms with E-state index in [-0.39, 0.29) is 34.4 Å². The number of methoxy groups -OCH3 is 2. The summed E-state index contributed by atoms with van der Waals surface area (Å²) < 4.78 is 47.4. The maximum absolute atomic E-state index is 12.0. The van der Waals surface area contributed by atoms with E-state index in [0.29, 0.717) is 29.0 Å². The highest BCUT2D eigenvalue weighted by Crippen LogP contribution is 2.56. The van der Waals surface area contributed by atoms with Gasteiger partial charge >= 0.3 is 5.97 Å². The van der Waals surface area contributed by atoms with Crippen molar-refractivity contribution in [2.75, 3.05) is 50.6 Å². The quantitative estimate of drug-likeness (QED) is 0.0879. The SMILES string of the molecule is COc1cccc2c1[C@H]1Nc3ccc(S(C)(=O)=O)cc3C(C)(C)[C@H]1CO2.COc1cccc2c1[C@H]1Nc3ccc(SC)cc3C(C)(C)[C@H]1CO2.O=C(OO)c1cccc(Cl)c1. The lowest BCUT2D eigenvalue weighted by Gasteiger charge is -2.48. The molecule has 0 bridgehead atoms. The predicted octanol–water partition coefficient (Wildman–Crippen LogP) is 10.4. The summed E-state index contributed by atoms with van der Waals surface area (Å²) in [5.74, 6) is 3.16. The molecule has 0 aliphatic carbocycles. The molecule has 0 spiro atoms. The third-order valence-corrected chi connectivity index (χ3v) is 14.5. The molecule has 0 unspecified atom stereocenters. The molecular formula is C47H51ClN2O9S2. The standard InChI is InChI=1S/C20H23NO4S.C20H23NO2S.C7H5ClO3/c1-20(2)13-10-12(26(4,22)23)8-9-15(13)21-19-14(20)11-25-17-7-5-6-16(24-3)18(17)19;1-20(2)13-10-12(24-4)8-9-15(13)21-19-14(20)11-23-17-7-5-6-16(22-3)18(17)19;8-6-3-1-2-5(4-6)7(9)11-10/h5-10,14,19,21H,11H2,1-4H3;5-10,14,19,21H,11H2,1-4H3;1-4,10H/t2*14-,19-;/m00./s1. The number of hydrogen-bond donors (Lipinski definition) is 3. The third kappa shape index (κ3) is 8.45. The summed E-state index contributed by atoms with van der Waals surface area (Å²) in [6.45, 7) is 10.2. The molecule has 61 heavy (non-hydrogen) atoms. The number of carbonyl (C=O) groups is 1. The first kappa shape index (κ1) is 44.0. The summed E-state index contributed by atoms with van der Waals surface area (Å²) in [5.41, 5.74) is 6.71. The molecule has 0 aromatic heterocycles. The molecular weight excluding hydrogens is 836 g/mol. The molecule has 9 rings (SSSR count). The van der Waals surface area contributed by atoms with Crippen molar-refractivity contribution in [2.45, 2.75) is 60.4 Å². The van der Waals surface area contributed by atoms with Crippen molar-refractivity contribution in [3.05, 3.63) is 130 Å². The van der Waals surface area contributed by atoms with Crippen LogP contribution in [-0.2, 0) is 25.6 Å². The summed E-state index contributed by atoms with van der Waals surface area (Å²) in [7, 11) is 0.140. The van der Waals surface area contributed by atoms with Crippen LogP contribution in [0.1, 0.15) is 72.4 Å². The lowest BCUT2D eigenvalue weighted by Crippen LogP contribution is -2.46. The minimum Gasteiger partial charge on any atom is -0.496 e. The Bertz CT molecular complexity index is 2540. The zero-order valence-electron chi connectivity index (χ0n) is 35.4. The Hall–Kier alpha value is -5.08. The van der Waals surface area contributed by atoms with Crippen LogP contribution in [0.4, 0.5) is 11.4 Å². The lowest BCUT2D eigenvalue weighted by atomic mass is 9.65. The van der Waals surface area contributed by atoms with Crippen molar-refractivity contribution in [3.63, 3.8) is 0 Å². The first-order chi connectivity index (χ1) is 29.0. The van der Waals surface area contributed by atoms with Crippen LogP contribution in [0.5, 0.6) is 23.0 Å². The van der Waals surface area contributed by atoms with Gasteiger partial charge in [-0.2, -0.15) is 5.26 Å². The van der Waals surface area contributed by atoms with Crippen LogP contribution in [0, 0.1) is 11.8 Å². The van der Waals surface area contributed by atoms with Crippen molar-refractivity contribution in [3.8, 4) is 23.0 Å². The van der Waals surface area contributed by atoms with Gasteiger partial charge in [-0.15, -0.1) is 11.8 Å². The van der Waals surface area contributed by atoms with E-state index in [2.05, 4.69) is 67.7 Å². The number of anilines is 2. The summed E-state index contributed by atoms with van der Waals surface area (Å²) in [4.78, 5) is 15.8. The summed E-state index contributed by atoms with van der Waals surface area (Å²) >= 11 is 7.34. The predicted molar refractivity (Wildman–Crippen MR) is 240 cm³/mol. The number of nitrogens with one attached hydrogen (secondary N) is 2. The monoisotopic (exact) mass is 886 g/mol. The van der Waals surface area contributed by atoms with Crippen molar-refractivity contribution >= 4 is 50.5 Å². The Balaban J connectivity index is 0.000000149. The van der Waals surface area contributed by atoms with E-state index in [1.807, 2.05) is 42.5 Å². The van der Waals surface area contributed by atoms with Crippen LogP contribution >= 0.6 is 23.4 Å². The van der Waals surface area contributed by atoms with Gasteiger partial charge in [0.05, 0.1) is 61.1 Å². The Morgan fingerprint density at radius 3 is 1.74 bits per heavy atom. The molecule has 0 fully saturated rings. The second-order valence-electron chi connectivity index (χ2n) is 16.5. The first-order valence-electron chi connectivity index (χ1n) is 19.8. The van der Waals surface area contributed by atoms with Crippen molar-refractivity contribution in [1.29, 1.82) is 0 Å². The topological polar surface area (TPSA) is 142 Å². The fourth-order valence-electron chi connectivity index (χ4n) is 8.94. The largest absolute Gasteiger partial charge is 0.496 e. The van der Waals surface area contributed by atoms with E-state index in [1.54, 1.807) is 50.2 Å². The van der Waals surface area contributed by atoms with Gasteiger partial charge in [0.1, 0.15) is 23.0 Å². The molecule has 4 aliphatic heterocycles. The number of fused-ring (bicyclic) bond motifs is 8. The smallest absolute Gasteiger partial charge is 0.372 e. The summed E-state index contributed by atoms with van der Waals surface area (Å²) in [6.07, 6.45) is 3.37. The van der Waals surface area contributed by atoms with Crippen molar-refractivity contribution < 1.29 is 42.3 Å². The molecule has 11 nitrogen and oxygen atoms in total. The third-order valence-electron chi connectivity index (χ3n) is 12.4. The molecule has 0 saturated heterocycles. The molecule has 0 radical (unpaired) electrons. The second-order valence-corrected chi connectivity index (χ2v) is 19.9. The van der Waals surface area contributed by atoms with E-state index < -0.39 is 15.8 Å². The van der Waals surface area contributed by atoms with E-state index in [0.717, 1.165) is 45.4 Å². The van der Waals surface area contributed by atoms with Crippen LogP contribution in [0.25, 0.3) is 0 Å². The normalized spacial score (nSPS) is 20.6. The molecule has 0 saturated carbocycles. The average molecular weight is 888 g/mol. The van der Waals surface area contributed by atoms with Gasteiger partial charge in [0.2, 0.25) is 0 Å². The lowest BCUT2D eigenvalue weighted by molar-refractivity contribution is -0.182. The van der Waals surface area contributed by atoms with Crippen molar-refractivity contribution in [1.82, 2.24) is 0 Å². The van der Waals surface area contributed by atoms with Crippen molar-refractivity contribution in [2.24, 2.45) is 11.8 Å². The van der Waals surface area contributed by atoms with E-state index >= 15 is 0 Å². The zero-order valence-corrected chi connectivity index (χ0v) is 37.8. The number of halogens is 1. The minimum absolute atomic E-state index is 0.0233. The van der Waals surface area contributed by atoms with E-state index in [1.165, 1.54) is 34.5 Å². The number of thioether (sulfide) groups is 1. The van der Waals surface area contributed by atoms with Crippen LogP contribution in [0.3, 0.4) is 0 Å². The van der Waals surface area contributed by atoms with Crippen LogP contribution in [0.2, 0.25) is 5.02 Å². The fourth-order valence-corrected chi connectivity index (χ4v) is 10.2. The molecule has 5 aromatic rings. The van der Waals surface area contributed by atoms with Crippen LogP contribution in [-0.4, -0.2) is 59.6 Å². The van der Waals surface area contributed by atoms with Gasteiger partial charge in [-0.3, -0.25) is 4.89 Å². The molecule has 322 valence electrons. The Kier molecular flexibility index (Phi) is 12.5. The molecule has 4 atom stereocenters. The molecule has 4 heterocycles. The summed E-state index contributed by atoms with van der Waals surface area (Å²) in [5, 5.41) is 15.8. The molecule has 14 heteroatoms. The number of ether oxygens (including phenoxy) is 4. The highest BCUT2D eigenvalue weighted by Gasteiger charge is 2.49. The molecule has 3 N–H and O–H groups in total. The van der Waals surface area contributed by atoms with Gasteiger partial charge in [-0.1, -0.05) is 57.5 Å². The number of benzene rings is 5. The van der Waals surface area contributed by atoms with E-state index in [4.69, 9.17) is 35.8 Å². The maximum atomic E-state index is 12.0. The summed E-state index contributed by atoms with van der Waals surface area (Å²) in [6, 6.07) is 30.3. The Morgan fingerprint density at radius 2 is 1.26 bits per heavy atom. The van der Waals surface area contributed by atoms with Gasteiger partial charge < -0.3 is 29.6 Å². The van der Waals surface area contributed by atoms with Gasteiger partial charge in [0.25, 0.3) is 0 Å².